The molecule has 1 unspecified atom stereocenters. The number of hydrogen-bond acceptors (Lipinski definition) is 4. The Hall–Kier alpha value is -4.01. The number of piperazine rings is 1. The first-order valence-corrected chi connectivity index (χ1v) is 11.0. The molecule has 0 aliphatic carbocycles. The van der Waals surface area contributed by atoms with Gasteiger partial charge in [0.1, 0.15) is 11.8 Å². The lowest BCUT2D eigenvalue weighted by Crippen LogP contribution is -2.58. The maximum Gasteiger partial charge on any atom is 0.416 e. The number of ether oxygens (including phenoxy) is 2. The molecule has 35 heavy (non-hydrogen) atoms. The Morgan fingerprint density at radius 2 is 1.54 bits per heavy atom. The summed E-state index contributed by atoms with van der Waals surface area (Å²) in [5.74, 6) is -0.205. The molecule has 2 aliphatic heterocycles. The van der Waals surface area contributed by atoms with Crippen LogP contribution >= 0.6 is 0 Å². The van der Waals surface area contributed by atoms with Crippen LogP contribution in [0.3, 0.4) is 0 Å². The van der Waals surface area contributed by atoms with Gasteiger partial charge in [0.2, 0.25) is 0 Å². The Morgan fingerprint density at radius 1 is 0.914 bits per heavy atom. The largest absolute Gasteiger partial charge is 0.431 e. The van der Waals surface area contributed by atoms with Gasteiger partial charge in [0, 0.05) is 30.8 Å². The maximum atomic E-state index is 13.0. The highest BCUT2D eigenvalue weighted by atomic mass is 19.4. The van der Waals surface area contributed by atoms with Crippen molar-refractivity contribution in [2.75, 3.05) is 19.6 Å². The first-order chi connectivity index (χ1) is 16.8. The Balaban J connectivity index is 1.46. The molecule has 9 heteroatoms. The minimum absolute atomic E-state index is 0.0767. The lowest BCUT2D eigenvalue weighted by molar-refractivity contribution is -0.137. The molecule has 2 saturated heterocycles. The highest BCUT2D eigenvalue weighted by molar-refractivity contribution is 5.76. The van der Waals surface area contributed by atoms with Crippen LogP contribution in [0, 0.1) is 0 Å². The third kappa shape index (κ3) is 4.07. The molecule has 0 spiro atoms. The van der Waals surface area contributed by atoms with Gasteiger partial charge >= 0.3 is 18.4 Å². The van der Waals surface area contributed by atoms with Gasteiger partial charge in [-0.2, -0.15) is 13.2 Å². The van der Waals surface area contributed by atoms with E-state index in [1.54, 1.807) is 4.90 Å². The number of carbonyl (C=O) groups excluding carboxylic acids is 2. The van der Waals surface area contributed by atoms with Gasteiger partial charge in [-0.25, -0.2) is 9.59 Å². The molecule has 0 saturated carbocycles. The fourth-order valence-electron chi connectivity index (χ4n) is 4.72. The molecule has 2 amide bonds. The smallest absolute Gasteiger partial charge is 0.416 e. The van der Waals surface area contributed by atoms with Crippen LogP contribution in [0.25, 0.3) is 0 Å². The van der Waals surface area contributed by atoms with Gasteiger partial charge in [-0.1, -0.05) is 66.7 Å². The molecule has 3 aromatic rings. The van der Waals surface area contributed by atoms with Crippen LogP contribution < -0.4 is 4.74 Å². The van der Waals surface area contributed by atoms with Gasteiger partial charge in [0.05, 0.1) is 5.56 Å². The Morgan fingerprint density at radius 3 is 2.14 bits per heavy atom. The van der Waals surface area contributed by atoms with Crippen LogP contribution in [0.15, 0.2) is 84.9 Å². The van der Waals surface area contributed by atoms with Crippen molar-refractivity contribution in [1.82, 2.24) is 9.80 Å². The summed E-state index contributed by atoms with van der Waals surface area (Å²) >= 11 is 0. The summed E-state index contributed by atoms with van der Waals surface area (Å²) in [6.07, 6.45) is -5.84. The summed E-state index contributed by atoms with van der Waals surface area (Å²) in [6, 6.07) is 22.2. The molecule has 180 valence electrons. The van der Waals surface area contributed by atoms with Gasteiger partial charge in [-0.05, 0) is 18.2 Å². The molecule has 6 nitrogen and oxygen atoms in total. The average molecular weight is 482 g/mol. The molecule has 0 N–H and O–H groups in total. The Bertz CT molecular complexity index is 1190. The number of nitrogens with zero attached hydrogens (tertiary/aromatic N) is 2. The van der Waals surface area contributed by atoms with Crippen molar-refractivity contribution in [2.45, 2.75) is 17.8 Å². The Labute approximate surface area is 199 Å². The van der Waals surface area contributed by atoms with Crippen molar-refractivity contribution < 1.29 is 32.2 Å². The molecule has 0 bridgehead atoms. The summed E-state index contributed by atoms with van der Waals surface area (Å²) < 4.78 is 50.5. The minimum Gasteiger partial charge on any atom is -0.431 e. The Kier molecular flexibility index (Phi) is 5.62. The summed E-state index contributed by atoms with van der Waals surface area (Å²) in [5.41, 5.74) is -0.579. The van der Waals surface area contributed by atoms with Gasteiger partial charge in [-0.15, -0.1) is 0 Å². The van der Waals surface area contributed by atoms with E-state index in [4.69, 9.17) is 9.47 Å². The highest BCUT2D eigenvalue weighted by Crippen LogP contribution is 2.45. The quantitative estimate of drug-likeness (QED) is 0.510. The molecule has 2 fully saturated rings. The third-order valence-corrected chi connectivity index (χ3v) is 6.36. The van der Waals surface area contributed by atoms with E-state index in [-0.39, 0.29) is 25.4 Å². The molecular weight excluding hydrogens is 461 g/mol. The van der Waals surface area contributed by atoms with E-state index in [1.807, 2.05) is 60.7 Å². The number of rotatable bonds is 3. The second kappa shape index (κ2) is 8.65. The maximum absolute atomic E-state index is 13.0. The second-order valence-corrected chi connectivity index (χ2v) is 8.38. The standard InChI is InChI=1S/C26H21F3N2O4/c27-26(28,29)20-12-7-13-21(16-20)34-23(32)30-14-15-31-22(17-30)25(35-24(31)33,18-8-3-1-4-9-18)19-10-5-2-6-11-19/h1-13,16,22H,14-15,17H2. The molecule has 5 rings (SSSR count). The molecule has 2 aliphatic rings. The first-order valence-electron chi connectivity index (χ1n) is 11.0. The van der Waals surface area contributed by atoms with Crippen molar-refractivity contribution >= 4 is 12.2 Å². The predicted molar refractivity (Wildman–Crippen MR) is 120 cm³/mol. The molecule has 2 heterocycles. The highest BCUT2D eigenvalue weighted by Gasteiger charge is 2.58. The second-order valence-electron chi connectivity index (χ2n) is 8.38. The lowest BCUT2D eigenvalue weighted by atomic mass is 9.79. The number of fused-ring (bicyclic) bond motifs is 1. The summed E-state index contributed by atoms with van der Waals surface area (Å²) in [5, 5.41) is 0. The molecule has 3 aromatic carbocycles. The van der Waals surface area contributed by atoms with Crippen LogP contribution in [0.2, 0.25) is 0 Å². The molecule has 0 aromatic heterocycles. The summed E-state index contributed by atoms with van der Waals surface area (Å²) in [4.78, 5) is 28.9. The number of halogens is 3. The summed E-state index contributed by atoms with van der Waals surface area (Å²) in [6.45, 7) is 0.430. The molecular formula is C26H21F3N2O4. The zero-order valence-electron chi connectivity index (χ0n) is 18.4. The van der Waals surface area contributed by atoms with Crippen molar-refractivity contribution in [1.29, 1.82) is 0 Å². The van der Waals surface area contributed by atoms with Crippen LogP contribution in [0.4, 0.5) is 22.8 Å². The normalized spacial score (nSPS) is 19.2. The van der Waals surface area contributed by atoms with Crippen LogP contribution in [0.1, 0.15) is 16.7 Å². The predicted octanol–water partition coefficient (Wildman–Crippen LogP) is 5.28. The van der Waals surface area contributed by atoms with Crippen LogP contribution in [-0.4, -0.2) is 47.7 Å². The summed E-state index contributed by atoms with van der Waals surface area (Å²) in [7, 11) is 0. The zero-order valence-corrected chi connectivity index (χ0v) is 18.4. The van der Waals surface area contributed by atoms with Crippen molar-refractivity contribution in [3.8, 4) is 5.75 Å². The third-order valence-electron chi connectivity index (χ3n) is 6.36. The van der Waals surface area contributed by atoms with Gasteiger partial charge in [0.25, 0.3) is 0 Å². The minimum atomic E-state index is -4.55. The number of amides is 2. The van der Waals surface area contributed by atoms with Crippen molar-refractivity contribution in [3.05, 3.63) is 102 Å². The fourth-order valence-corrected chi connectivity index (χ4v) is 4.72. The van der Waals surface area contributed by atoms with E-state index in [0.717, 1.165) is 23.3 Å². The first kappa shape index (κ1) is 22.8. The number of hydrogen-bond donors (Lipinski definition) is 0. The lowest BCUT2D eigenvalue weighted by Gasteiger charge is -2.41. The molecule has 1 atom stereocenters. The van der Waals surface area contributed by atoms with E-state index in [1.165, 1.54) is 17.0 Å². The SMILES string of the molecule is O=C(Oc1cccc(C(F)(F)F)c1)N1CCN2C(=O)OC(c3ccccc3)(c3ccccc3)C2C1. The van der Waals surface area contributed by atoms with E-state index < -0.39 is 35.6 Å². The number of cyclic esters (lactones) is 1. The van der Waals surface area contributed by atoms with Gasteiger partial charge < -0.3 is 14.4 Å². The van der Waals surface area contributed by atoms with Crippen LogP contribution in [0.5, 0.6) is 5.75 Å². The van der Waals surface area contributed by atoms with Crippen molar-refractivity contribution in [3.63, 3.8) is 0 Å². The van der Waals surface area contributed by atoms with E-state index >= 15 is 0 Å². The fraction of sp³-hybridized carbons (Fsp3) is 0.231. The van der Waals surface area contributed by atoms with Crippen LogP contribution in [-0.2, 0) is 16.5 Å². The average Bonchev–Trinajstić information content (AvgIpc) is 3.17. The van der Waals surface area contributed by atoms with E-state index in [0.29, 0.717) is 0 Å². The zero-order chi connectivity index (χ0) is 24.6. The topological polar surface area (TPSA) is 59.1 Å². The van der Waals surface area contributed by atoms with E-state index in [2.05, 4.69) is 0 Å². The number of benzene rings is 3. The van der Waals surface area contributed by atoms with Crippen molar-refractivity contribution in [2.24, 2.45) is 0 Å². The number of alkyl halides is 3. The van der Waals surface area contributed by atoms with Gasteiger partial charge in [0.15, 0.2) is 5.60 Å². The van der Waals surface area contributed by atoms with Gasteiger partial charge in [-0.3, -0.25) is 4.90 Å². The molecule has 0 radical (unpaired) electrons. The van der Waals surface area contributed by atoms with E-state index in [9.17, 15) is 22.8 Å². The monoisotopic (exact) mass is 482 g/mol. The number of carbonyl (C=O) groups is 2.